The van der Waals surface area contributed by atoms with Gasteiger partial charge in [0, 0.05) is 4.47 Å². The fourth-order valence-corrected chi connectivity index (χ4v) is 2.83. The van der Waals surface area contributed by atoms with E-state index in [0.717, 1.165) is 10.0 Å². The van der Waals surface area contributed by atoms with Crippen LogP contribution in [0.2, 0.25) is 0 Å². The summed E-state index contributed by atoms with van der Waals surface area (Å²) < 4.78 is 2.48. The van der Waals surface area contributed by atoms with Gasteiger partial charge < -0.3 is 5.11 Å². The molecule has 0 aliphatic rings. The van der Waals surface area contributed by atoms with E-state index in [0.29, 0.717) is 16.7 Å². The van der Waals surface area contributed by atoms with Crippen molar-refractivity contribution in [2.24, 2.45) is 0 Å². The molecule has 0 saturated heterocycles. The zero-order chi connectivity index (χ0) is 16.2. The predicted octanol–water partition coefficient (Wildman–Crippen LogP) is 3.32. The molecule has 4 nitrogen and oxygen atoms in total. The summed E-state index contributed by atoms with van der Waals surface area (Å²) in [5, 5.41) is 9.80. The minimum absolute atomic E-state index is 0.113. The summed E-state index contributed by atoms with van der Waals surface area (Å²) in [7, 11) is 0. The lowest BCUT2D eigenvalue weighted by Gasteiger charge is -2.09. The number of aliphatic hydroxyl groups excluding tert-OH is 1. The van der Waals surface area contributed by atoms with Crippen molar-refractivity contribution in [2.75, 3.05) is 6.61 Å². The number of hydrogen-bond acceptors (Lipinski definition) is 3. The van der Waals surface area contributed by atoms with Crippen LogP contribution in [0.1, 0.15) is 11.4 Å². The quantitative estimate of drug-likeness (QED) is 0.766. The van der Waals surface area contributed by atoms with Crippen molar-refractivity contribution in [1.82, 2.24) is 9.55 Å². The minimum Gasteiger partial charge on any atom is -0.395 e. The van der Waals surface area contributed by atoms with Gasteiger partial charge in [0.25, 0.3) is 5.56 Å². The van der Waals surface area contributed by atoms with Crippen LogP contribution in [-0.4, -0.2) is 21.3 Å². The van der Waals surface area contributed by atoms with Gasteiger partial charge in [-0.15, -0.1) is 0 Å². The molecule has 0 atom stereocenters. The molecule has 0 radical (unpaired) electrons. The molecule has 0 aliphatic heterocycles. The molecule has 23 heavy (non-hydrogen) atoms. The number of benzene rings is 2. The molecule has 116 valence electrons. The molecule has 0 spiro atoms. The maximum absolute atomic E-state index is 12.6. The number of hydrogen-bond donors (Lipinski definition) is 1. The Morgan fingerprint density at radius 2 is 1.96 bits per heavy atom. The van der Waals surface area contributed by atoms with E-state index in [1.165, 1.54) is 4.57 Å². The van der Waals surface area contributed by atoms with Crippen molar-refractivity contribution in [1.29, 1.82) is 0 Å². The van der Waals surface area contributed by atoms with Gasteiger partial charge in [-0.2, -0.15) is 0 Å². The Kier molecular flexibility index (Phi) is 4.69. The van der Waals surface area contributed by atoms with E-state index in [4.69, 9.17) is 0 Å². The van der Waals surface area contributed by atoms with Crippen molar-refractivity contribution in [3.63, 3.8) is 0 Å². The first-order valence-corrected chi connectivity index (χ1v) is 8.02. The van der Waals surface area contributed by atoms with E-state index in [2.05, 4.69) is 20.9 Å². The summed E-state index contributed by atoms with van der Waals surface area (Å²) in [4.78, 5) is 17.1. The van der Waals surface area contributed by atoms with Gasteiger partial charge in [0.05, 0.1) is 24.1 Å². The highest BCUT2D eigenvalue weighted by molar-refractivity contribution is 9.10. The number of nitrogens with zero attached hydrogens (tertiary/aromatic N) is 2. The Bertz CT molecular complexity index is 932. The zero-order valence-electron chi connectivity index (χ0n) is 12.3. The summed E-state index contributed by atoms with van der Waals surface area (Å²) in [5.74, 6) is 0.530. The van der Waals surface area contributed by atoms with Crippen LogP contribution in [0.5, 0.6) is 0 Å². The number of aromatic nitrogens is 2. The van der Waals surface area contributed by atoms with Crippen LogP contribution in [0.25, 0.3) is 23.1 Å². The molecule has 0 saturated carbocycles. The van der Waals surface area contributed by atoms with Crippen LogP contribution >= 0.6 is 15.9 Å². The summed E-state index contributed by atoms with van der Waals surface area (Å²) in [6.45, 7) is 0.104. The van der Waals surface area contributed by atoms with E-state index in [-0.39, 0.29) is 18.7 Å². The largest absolute Gasteiger partial charge is 0.395 e. The average Bonchev–Trinajstić information content (AvgIpc) is 2.56. The molecule has 0 unspecified atom stereocenters. The van der Waals surface area contributed by atoms with Gasteiger partial charge in [0.15, 0.2) is 0 Å². The summed E-state index contributed by atoms with van der Waals surface area (Å²) in [6, 6.07) is 15.1. The van der Waals surface area contributed by atoms with Crippen molar-refractivity contribution in [2.45, 2.75) is 6.54 Å². The first-order valence-electron chi connectivity index (χ1n) is 7.23. The van der Waals surface area contributed by atoms with Crippen LogP contribution in [-0.2, 0) is 6.54 Å². The Hall–Kier alpha value is -2.24. The molecule has 2 aromatic carbocycles. The molecule has 0 amide bonds. The summed E-state index contributed by atoms with van der Waals surface area (Å²) in [5.41, 5.74) is 1.51. The zero-order valence-corrected chi connectivity index (χ0v) is 13.9. The second-order valence-electron chi connectivity index (χ2n) is 5.06. The second kappa shape index (κ2) is 6.89. The number of rotatable bonds is 4. The topological polar surface area (TPSA) is 55.1 Å². The molecular weight excluding hydrogens is 356 g/mol. The van der Waals surface area contributed by atoms with E-state index in [9.17, 15) is 9.90 Å². The van der Waals surface area contributed by atoms with Gasteiger partial charge in [0.2, 0.25) is 0 Å². The maximum atomic E-state index is 12.6. The molecule has 0 aliphatic carbocycles. The fraction of sp³-hybridized carbons (Fsp3) is 0.111. The highest BCUT2D eigenvalue weighted by Gasteiger charge is 2.08. The lowest BCUT2D eigenvalue weighted by Crippen LogP contribution is -2.25. The van der Waals surface area contributed by atoms with Gasteiger partial charge in [-0.05, 0) is 35.9 Å². The number of fused-ring (bicyclic) bond motifs is 1. The lowest BCUT2D eigenvalue weighted by molar-refractivity contribution is 0.273. The van der Waals surface area contributed by atoms with Crippen LogP contribution in [0, 0.1) is 0 Å². The minimum atomic E-state index is -0.140. The van der Waals surface area contributed by atoms with Crippen LogP contribution in [0.15, 0.2) is 57.8 Å². The molecule has 1 aromatic heterocycles. The first kappa shape index (κ1) is 15.6. The van der Waals surface area contributed by atoms with E-state index in [1.54, 1.807) is 12.1 Å². The molecule has 0 bridgehead atoms. The number of halogens is 1. The third-order valence-corrected chi connectivity index (χ3v) is 3.98. The normalized spacial score (nSPS) is 11.4. The molecule has 1 heterocycles. The van der Waals surface area contributed by atoms with Crippen molar-refractivity contribution in [3.8, 4) is 0 Å². The van der Waals surface area contributed by atoms with Crippen LogP contribution in [0.3, 0.4) is 0 Å². The molecule has 1 N–H and O–H groups in total. The monoisotopic (exact) mass is 370 g/mol. The van der Waals surface area contributed by atoms with Gasteiger partial charge in [-0.25, -0.2) is 4.98 Å². The molecule has 3 aromatic rings. The lowest BCUT2D eigenvalue weighted by atomic mass is 10.2. The molecule has 0 fully saturated rings. The Balaban J connectivity index is 2.12. The Labute approximate surface area is 141 Å². The average molecular weight is 371 g/mol. The van der Waals surface area contributed by atoms with Crippen molar-refractivity contribution in [3.05, 3.63) is 74.7 Å². The number of aliphatic hydroxyl groups is 1. The molecule has 3 rings (SSSR count). The van der Waals surface area contributed by atoms with Gasteiger partial charge in [-0.3, -0.25) is 9.36 Å². The van der Waals surface area contributed by atoms with Crippen LogP contribution < -0.4 is 5.56 Å². The number of para-hydroxylation sites is 1. The van der Waals surface area contributed by atoms with Gasteiger partial charge in [0.1, 0.15) is 5.82 Å². The van der Waals surface area contributed by atoms with Gasteiger partial charge >= 0.3 is 0 Å². The first-order chi connectivity index (χ1) is 11.2. The SMILES string of the molecule is O=c1c2ccccc2nc(C=Cc2cccc(Br)c2)n1CCO. The predicted molar refractivity (Wildman–Crippen MR) is 96.2 cm³/mol. The maximum Gasteiger partial charge on any atom is 0.261 e. The molecule has 5 heteroatoms. The smallest absolute Gasteiger partial charge is 0.261 e. The summed E-state index contributed by atoms with van der Waals surface area (Å²) >= 11 is 3.43. The van der Waals surface area contributed by atoms with Crippen LogP contribution in [0.4, 0.5) is 0 Å². The van der Waals surface area contributed by atoms with Gasteiger partial charge in [-0.1, -0.05) is 46.3 Å². The van der Waals surface area contributed by atoms with E-state index < -0.39 is 0 Å². The second-order valence-corrected chi connectivity index (χ2v) is 5.97. The standard InChI is InChI=1S/C18H15BrN2O2/c19-14-5-3-4-13(12-14)8-9-17-20-16-7-2-1-6-15(16)18(23)21(17)10-11-22/h1-9,12,22H,10-11H2. The third kappa shape index (κ3) is 3.41. The van der Waals surface area contributed by atoms with E-state index in [1.807, 2.05) is 48.5 Å². The Morgan fingerprint density at radius 1 is 1.13 bits per heavy atom. The molecular formula is C18H15BrN2O2. The summed E-state index contributed by atoms with van der Waals surface area (Å²) in [6.07, 6.45) is 3.69. The van der Waals surface area contributed by atoms with Crippen molar-refractivity contribution >= 4 is 39.0 Å². The third-order valence-electron chi connectivity index (χ3n) is 3.49. The highest BCUT2D eigenvalue weighted by Crippen LogP contribution is 2.15. The van der Waals surface area contributed by atoms with E-state index >= 15 is 0 Å². The Morgan fingerprint density at radius 3 is 2.74 bits per heavy atom. The highest BCUT2D eigenvalue weighted by atomic mass is 79.9. The van der Waals surface area contributed by atoms with Crippen molar-refractivity contribution < 1.29 is 5.11 Å². The fourth-order valence-electron chi connectivity index (χ4n) is 2.41.